The Hall–Kier alpha value is -1.60. The van der Waals surface area contributed by atoms with Crippen LogP contribution in [-0.2, 0) is 12.9 Å². The third-order valence-corrected chi connectivity index (χ3v) is 26.3. The van der Waals surface area contributed by atoms with E-state index in [-0.39, 0.29) is 16.4 Å². The van der Waals surface area contributed by atoms with E-state index in [4.69, 9.17) is 3.21 Å². The standard InChI is InChI=1S/C30H34F2I2N2O2S/c1-21-8-4-5-12-27(21)24-13-14-28-22(2)19-36-34(28)29(16-24)35-20-23-9-7-15-33(18-23)39(37,38)26-11-6-10-25(17-26)30(3,31)32/h4-6,8,10-13,16-17,19,23,35H,7,9,14-15,18,20H2,1-3H3. The molecule has 39 heavy (non-hydrogen) atoms. The zero-order valence-electron chi connectivity index (χ0n) is 22.4. The molecule has 9 heteroatoms. The molecule has 1 fully saturated rings. The Kier molecular flexibility index (Phi) is 8.68. The number of nitrogens with zero attached hydrogens (tertiary/aromatic N) is 1. The van der Waals surface area contributed by atoms with Crippen molar-refractivity contribution < 1.29 is 17.2 Å². The van der Waals surface area contributed by atoms with Gasteiger partial charge in [0, 0.05) is 0 Å². The van der Waals surface area contributed by atoms with E-state index in [1.807, 2.05) is 6.21 Å². The number of benzene rings is 2. The average Bonchev–Trinajstić information content (AvgIpc) is 3.17. The van der Waals surface area contributed by atoms with Crippen LogP contribution < -0.4 is 5.32 Å². The molecule has 1 unspecified atom stereocenters. The first-order chi connectivity index (χ1) is 18.5. The Morgan fingerprint density at radius 2 is 1.92 bits per heavy atom. The van der Waals surface area contributed by atoms with Gasteiger partial charge in [0.2, 0.25) is 0 Å². The topological polar surface area (TPSA) is 58.5 Å². The molecule has 5 rings (SSSR count). The molecular weight excluding hydrogens is 744 g/mol. The molecule has 2 aromatic carbocycles. The van der Waals surface area contributed by atoms with E-state index < -0.39 is 51.5 Å². The van der Waals surface area contributed by atoms with Crippen molar-refractivity contribution in [1.29, 1.82) is 0 Å². The number of alkyl halides is 4. The van der Waals surface area contributed by atoms with Crippen LogP contribution in [0.25, 0.3) is 5.57 Å². The number of hydrogen-bond acceptors (Lipinski definition) is 4. The van der Waals surface area contributed by atoms with Crippen LogP contribution in [-0.4, -0.2) is 30.0 Å². The average molecular weight is 778 g/mol. The van der Waals surface area contributed by atoms with Crippen LogP contribution in [0.5, 0.6) is 0 Å². The Bertz CT molecular complexity index is 1490. The van der Waals surface area contributed by atoms with Gasteiger partial charge in [-0.15, -0.1) is 0 Å². The number of nitrogens with one attached hydrogen (secondary N) is 1. The van der Waals surface area contributed by atoms with Gasteiger partial charge in [-0.1, -0.05) is 0 Å². The van der Waals surface area contributed by atoms with Crippen LogP contribution in [0.3, 0.4) is 0 Å². The van der Waals surface area contributed by atoms with E-state index >= 15 is 0 Å². The van der Waals surface area contributed by atoms with Gasteiger partial charge >= 0.3 is 245 Å². The first-order valence-corrected chi connectivity index (χ1v) is 23.3. The molecule has 3 aliphatic rings. The van der Waals surface area contributed by atoms with Crippen molar-refractivity contribution >= 4 is 57.3 Å². The SMILES string of the molecule is CC1=C2CC=C(c3ccccc3C)C=C(NCC3CCCI(S(=O)(=O)c4cccc(C(C)(F)F)c4)C3)I2N=C1. The van der Waals surface area contributed by atoms with E-state index in [2.05, 4.69) is 55.6 Å². The van der Waals surface area contributed by atoms with Crippen LogP contribution >= 0.6 is 38.5 Å². The van der Waals surface area contributed by atoms with Gasteiger partial charge in [-0.05, 0) is 0 Å². The summed E-state index contributed by atoms with van der Waals surface area (Å²) in [6.07, 6.45) is 9.39. The molecule has 0 bridgehead atoms. The van der Waals surface area contributed by atoms with Crippen LogP contribution in [0.4, 0.5) is 8.78 Å². The van der Waals surface area contributed by atoms with Crippen LogP contribution in [0, 0.1) is 12.8 Å². The van der Waals surface area contributed by atoms with Crippen LogP contribution in [0.15, 0.2) is 81.6 Å². The predicted molar refractivity (Wildman–Crippen MR) is 175 cm³/mol. The first kappa shape index (κ1) is 28.9. The summed E-state index contributed by atoms with van der Waals surface area (Å²) >= 11 is -4.38. The van der Waals surface area contributed by atoms with Crippen molar-refractivity contribution in [3.05, 3.63) is 90.2 Å². The van der Waals surface area contributed by atoms with E-state index in [1.54, 1.807) is 0 Å². The summed E-state index contributed by atoms with van der Waals surface area (Å²) in [4.78, 5) is 0.0683. The normalized spacial score (nSPS) is 21.8. The number of rotatable bonds is 7. The first-order valence-electron chi connectivity index (χ1n) is 13.1. The van der Waals surface area contributed by atoms with Crippen molar-refractivity contribution in [2.24, 2.45) is 9.12 Å². The summed E-state index contributed by atoms with van der Waals surface area (Å²) in [5.74, 6) is -2.81. The van der Waals surface area contributed by atoms with Gasteiger partial charge < -0.3 is 0 Å². The van der Waals surface area contributed by atoms with Gasteiger partial charge in [0.1, 0.15) is 0 Å². The number of allylic oxidation sites excluding steroid dienone is 5. The van der Waals surface area contributed by atoms with Gasteiger partial charge in [0.15, 0.2) is 0 Å². The summed E-state index contributed by atoms with van der Waals surface area (Å²) < 4.78 is 63.9. The molecule has 4 nitrogen and oxygen atoms in total. The van der Waals surface area contributed by atoms with E-state index in [1.165, 1.54) is 53.8 Å². The third kappa shape index (κ3) is 6.34. The van der Waals surface area contributed by atoms with E-state index in [9.17, 15) is 17.2 Å². The molecule has 0 amide bonds. The van der Waals surface area contributed by atoms with Crippen molar-refractivity contribution in [3.8, 4) is 0 Å². The molecule has 3 aliphatic heterocycles. The van der Waals surface area contributed by atoms with Crippen LogP contribution in [0.2, 0.25) is 0 Å². The third-order valence-electron chi connectivity index (χ3n) is 7.23. The summed E-state index contributed by atoms with van der Waals surface area (Å²) in [5, 5.41) is 3.76. The fourth-order valence-corrected chi connectivity index (χ4v) is 22.9. The number of aryl methyl sites for hydroxylation is 1. The Morgan fingerprint density at radius 3 is 2.69 bits per heavy atom. The van der Waals surface area contributed by atoms with Gasteiger partial charge in [0.25, 0.3) is 0 Å². The number of hydrogen-bond donors (Lipinski definition) is 1. The number of halogens is 4. The molecule has 0 saturated carbocycles. The quantitative estimate of drug-likeness (QED) is 0.133. The number of fused-ring (bicyclic) bond motifs is 1. The van der Waals surface area contributed by atoms with Crippen molar-refractivity contribution in [1.82, 2.24) is 5.32 Å². The summed E-state index contributed by atoms with van der Waals surface area (Å²) in [6.45, 7) is 5.81. The van der Waals surface area contributed by atoms with E-state index in [0.717, 1.165) is 32.7 Å². The zero-order chi connectivity index (χ0) is 27.8. The molecule has 1 atom stereocenters. The molecule has 210 valence electrons. The summed E-state index contributed by atoms with van der Waals surface area (Å²) in [5.41, 5.74) is 4.71. The molecular formula is C30H34F2I2N2O2S. The fourth-order valence-electron chi connectivity index (χ4n) is 4.99. The van der Waals surface area contributed by atoms with Crippen LogP contribution in [0.1, 0.15) is 49.8 Å². The van der Waals surface area contributed by atoms with Gasteiger partial charge in [-0.3, -0.25) is 0 Å². The van der Waals surface area contributed by atoms with E-state index in [0.29, 0.717) is 8.86 Å². The monoisotopic (exact) mass is 778 g/mol. The van der Waals surface area contributed by atoms with Gasteiger partial charge in [-0.25, -0.2) is 0 Å². The van der Waals surface area contributed by atoms with Crippen molar-refractivity contribution in [3.63, 3.8) is 0 Å². The summed E-state index contributed by atoms with van der Waals surface area (Å²) in [6, 6.07) is 13.8. The molecule has 2 aromatic rings. The predicted octanol–water partition coefficient (Wildman–Crippen LogP) is 8.41. The maximum atomic E-state index is 13.9. The second-order valence-corrected chi connectivity index (χ2v) is 26.8. The molecule has 0 radical (unpaired) electrons. The van der Waals surface area contributed by atoms with Crippen molar-refractivity contribution in [2.75, 3.05) is 15.4 Å². The molecule has 3 heterocycles. The Morgan fingerprint density at radius 1 is 1.13 bits per heavy atom. The molecule has 0 aromatic heterocycles. The van der Waals surface area contributed by atoms with Gasteiger partial charge in [0.05, 0.1) is 0 Å². The zero-order valence-corrected chi connectivity index (χ0v) is 27.5. The molecule has 0 aliphatic carbocycles. The Labute approximate surface area is 243 Å². The Balaban J connectivity index is 1.34. The minimum absolute atomic E-state index is 0.0683. The van der Waals surface area contributed by atoms with Gasteiger partial charge in [-0.2, -0.15) is 0 Å². The maximum absolute atomic E-state index is 13.9. The fraction of sp³-hybridized carbons (Fsp3) is 0.367. The minimum atomic E-state index is -3.55. The summed E-state index contributed by atoms with van der Waals surface area (Å²) in [7, 11) is -3.55. The van der Waals surface area contributed by atoms with Crippen molar-refractivity contribution in [2.45, 2.75) is 50.9 Å². The molecule has 1 N–H and O–H groups in total. The molecule has 1 saturated heterocycles. The molecule has 0 spiro atoms. The second-order valence-electron chi connectivity index (χ2n) is 10.2. The second kappa shape index (κ2) is 11.7.